The zero-order valence-corrected chi connectivity index (χ0v) is 19.3. The number of fused-ring (bicyclic) bond motifs is 1. The van der Waals surface area contributed by atoms with E-state index in [1.165, 1.54) is 25.4 Å². The van der Waals surface area contributed by atoms with E-state index in [1.807, 2.05) is 13.8 Å². The molecule has 0 spiro atoms. The maximum Gasteiger partial charge on any atom is 0.326 e. The molecule has 3 atom stereocenters. The van der Waals surface area contributed by atoms with Crippen LogP contribution in [0.5, 0.6) is 11.5 Å². The monoisotopic (exact) mass is 507 g/mol. The predicted molar refractivity (Wildman–Crippen MR) is 119 cm³/mol. The number of aromatic hydroxyl groups is 1. The zero-order chi connectivity index (χ0) is 23.6. The van der Waals surface area contributed by atoms with E-state index in [4.69, 9.17) is 4.74 Å². The van der Waals surface area contributed by atoms with Crippen LogP contribution < -0.4 is 10.1 Å². The number of ether oxygens (including phenoxy) is 1. The molecule has 2 unspecified atom stereocenters. The average molecular weight is 508 g/mol. The van der Waals surface area contributed by atoms with Crippen LogP contribution in [0.1, 0.15) is 36.8 Å². The van der Waals surface area contributed by atoms with Crippen molar-refractivity contribution in [3.8, 4) is 11.5 Å². The Labute approximate surface area is 192 Å². The van der Waals surface area contributed by atoms with Gasteiger partial charge in [-0.3, -0.25) is 4.79 Å². The first-order valence-corrected chi connectivity index (χ1v) is 10.6. The summed E-state index contributed by atoms with van der Waals surface area (Å²) in [5.41, 5.74) is 0.0831. The predicted octanol–water partition coefficient (Wildman–Crippen LogP) is 4.12. The molecule has 0 aliphatic heterocycles. The zero-order valence-electron chi connectivity index (χ0n) is 17.7. The summed E-state index contributed by atoms with van der Waals surface area (Å²) in [6.07, 6.45) is 3.10. The fourth-order valence-corrected chi connectivity index (χ4v) is 4.06. The second-order valence-corrected chi connectivity index (χ2v) is 8.40. The molecule has 0 aliphatic carbocycles. The van der Waals surface area contributed by atoms with Crippen molar-refractivity contribution >= 4 is 38.7 Å². The van der Waals surface area contributed by atoms with Gasteiger partial charge in [0, 0.05) is 34.4 Å². The van der Waals surface area contributed by atoms with E-state index in [1.54, 1.807) is 22.9 Å². The van der Waals surface area contributed by atoms with Gasteiger partial charge in [-0.15, -0.1) is 0 Å². The summed E-state index contributed by atoms with van der Waals surface area (Å²) in [5, 5.41) is 22.9. The molecule has 1 aromatic carbocycles. The van der Waals surface area contributed by atoms with Crippen LogP contribution in [-0.4, -0.2) is 44.8 Å². The summed E-state index contributed by atoms with van der Waals surface area (Å²) in [7, 11) is 1.33. The number of methoxy groups -OCH3 is 1. The molecule has 32 heavy (non-hydrogen) atoms. The highest BCUT2D eigenvalue weighted by Gasteiger charge is 2.28. The lowest BCUT2D eigenvalue weighted by Crippen LogP contribution is -2.42. The highest BCUT2D eigenvalue weighted by Crippen LogP contribution is 2.33. The minimum Gasteiger partial charge on any atom is -0.503 e. The maximum atomic E-state index is 14.5. The summed E-state index contributed by atoms with van der Waals surface area (Å²) in [6.45, 7) is 3.69. The Morgan fingerprint density at radius 2 is 2.00 bits per heavy atom. The number of amides is 1. The molecule has 10 heteroatoms. The largest absolute Gasteiger partial charge is 0.503 e. The van der Waals surface area contributed by atoms with Gasteiger partial charge in [-0.2, -0.15) is 0 Å². The number of benzene rings is 1. The number of carbonyl (C=O) groups excluding carboxylic acids is 1. The topological polar surface area (TPSA) is 114 Å². The van der Waals surface area contributed by atoms with Crippen LogP contribution in [0, 0.1) is 11.7 Å². The molecule has 0 bridgehead atoms. The molecule has 0 aliphatic rings. The number of hydrogen-bond acceptors (Lipinski definition) is 5. The fourth-order valence-electron chi connectivity index (χ4n) is 3.60. The molecule has 0 radical (unpaired) electrons. The summed E-state index contributed by atoms with van der Waals surface area (Å²) in [5.74, 6) is -3.13. The van der Waals surface area contributed by atoms with Crippen LogP contribution in [0.15, 0.2) is 41.1 Å². The lowest BCUT2D eigenvalue weighted by Gasteiger charge is -2.26. The highest BCUT2D eigenvalue weighted by molar-refractivity contribution is 9.10. The number of aliphatic carboxylic acids is 1. The van der Waals surface area contributed by atoms with Crippen molar-refractivity contribution in [3.05, 3.63) is 52.6 Å². The van der Waals surface area contributed by atoms with Crippen molar-refractivity contribution in [2.75, 3.05) is 7.11 Å². The molecule has 8 nitrogen and oxygen atoms in total. The third kappa shape index (κ3) is 4.55. The van der Waals surface area contributed by atoms with Crippen LogP contribution in [0.3, 0.4) is 0 Å². The fraction of sp³-hybridized carbons (Fsp3) is 0.318. The number of aromatic nitrogens is 2. The average Bonchev–Trinajstić information content (AvgIpc) is 3.21. The Bertz CT molecular complexity index is 1170. The molecule has 3 N–H and O–H groups in total. The number of halogens is 2. The minimum atomic E-state index is -1.24. The molecule has 3 rings (SSSR count). The number of nitrogens with one attached hydrogen (secondary N) is 1. The van der Waals surface area contributed by atoms with Crippen molar-refractivity contribution in [2.45, 2.75) is 32.4 Å². The van der Waals surface area contributed by atoms with Gasteiger partial charge in [-0.25, -0.2) is 14.2 Å². The SMILES string of the molecule is COc1ccnc(C(=O)N[C@@H](CC(C)C(C)n2ccc3c(Br)ccc(F)c32)C(=O)O)c1O. The van der Waals surface area contributed by atoms with E-state index in [2.05, 4.69) is 26.2 Å². The van der Waals surface area contributed by atoms with Gasteiger partial charge in [-0.1, -0.05) is 22.9 Å². The molecular weight excluding hydrogens is 485 g/mol. The second-order valence-electron chi connectivity index (χ2n) is 7.54. The van der Waals surface area contributed by atoms with Gasteiger partial charge in [-0.05, 0) is 37.5 Å². The van der Waals surface area contributed by atoms with Crippen LogP contribution in [-0.2, 0) is 4.79 Å². The van der Waals surface area contributed by atoms with Crippen LogP contribution in [0.2, 0.25) is 0 Å². The van der Waals surface area contributed by atoms with Gasteiger partial charge < -0.3 is 24.8 Å². The lowest BCUT2D eigenvalue weighted by atomic mass is 9.94. The van der Waals surface area contributed by atoms with Gasteiger partial charge in [0.05, 0.1) is 12.6 Å². The van der Waals surface area contributed by atoms with E-state index in [0.717, 1.165) is 4.47 Å². The summed E-state index contributed by atoms with van der Waals surface area (Å²) in [6, 6.07) is 4.66. The molecule has 0 saturated carbocycles. The Balaban J connectivity index is 1.80. The molecule has 1 amide bonds. The number of carbonyl (C=O) groups is 2. The third-order valence-electron chi connectivity index (χ3n) is 5.57. The second kappa shape index (κ2) is 9.56. The number of pyridine rings is 1. The van der Waals surface area contributed by atoms with Crippen LogP contribution in [0.25, 0.3) is 10.9 Å². The number of hydrogen-bond donors (Lipinski definition) is 3. The van der Waals surface area contributed by atoms with Gasteiger partial charge in [0.25, 0.3) is 5.91 Å². The number of rotatable bonds is 8. The smallest absolute Gasteiger partial charge is 0.326 e. The number of nitrogens with zero attached hydrogens (tertiary/aromatic N) is 2. The molecule has 0 saturated heterocycles. The van der Waals surface area contributed by atoms with Gasteiger partial charge in [0.1, 0.15) is 11.9 Å². The Morgan fingerprint density at radius 3 is 2.66 bits per heavy atom. The van der Waals surface area contributed by atoms with Crippen molar-refractivity contribution < 1.29 is 28.9 Å². The number of carboxylic acid groups (broad SMARTS) is 1. The van der Waals surface area contributed by atoms with Gasteiger partial charge >= 0.3 is 5.97 Å². The number of carboxylic acids is 1. The van der Waals surface area contributed by atoms with Crippen molar-refractivity contribution in [1.82, 2.24) is 14.9 Å². The minimum absolute atomic E-state index is 0.0479. The third-order valence-corrected chi connectivity index (χ3v) is 6.26. The molecule has 2 aromatic heterocycles. The van der Waals surface area contributed by atoms with Crippen LogP contribution in [0.4, 0.5) is 4.39 Å². The van der Waals surface area contributed by atoms with E-state index in [0.29, 0.717) is 10.9 Å². The summed E-state index contributed by atoms with van der Waals surface area (Å²) in [4.78, 5) is 28.2. The van der Waals surface area contributed by atoms with Crippen molar-refractivity contribution in [3.63, 3.8) is 0 Å². The summed E-state index contributed by atoms with van der Waals surface area (Å²) < 4.78 is 22.0. The van der Waals surface area contributed by atoms with Gasteiger partial charge in [0.2, 0.25) is 0 Å². The Morgan fingerprint density at radius 1 is 1.28 bits per heavy atom. The van der Waals surface area contributed by atoms with Crippen LogP contribution >= 0.6 is 15.9 Å². The van der Waals surface area contributed by atoms with Crippen molar-refractivity contribution in [1.29, 1.82) is 0 Å². The standard InChI is InChI=1S/C22H23BrFN3O5/c1-11(12(2)27-9-7-13-14(23)4-5-15(24)19(13)27)10-16(22(30)31)26-21(29)18-20(28)17(32-3)6-8-25-18/h4-9,11-12,16,28H,10H2,1-3H3,(H,26,29)(H,30,31)/t11?,12?,16-/m0/s1. The molecule has 3 aromatic rings. The van der Waals surface area contributed by atoms with Crippen molar-refractivity contribution in [2.24, 2.45) is 5.92 Å². The highest BCUT2D eigenvalue weighted by atomic mass is 79.9. The molecule has 170 valence electrons. The quantitative estimate of drug-likeness (QED) is 0.422. The first kappa shape index (κ1) is 23.5. The normalized spacial score (nSPS) is 14.0. The Hall–Kier alpha value is -3.14. The van der Waals surface area contributed by atoms with Gasteiger partial charge in [0.15, 0.2) is 17.2 Å². The molecule has 0 fully saturated rings. The summed E-state index contributed by atoms with van der Waals surface area (Å²) >= 11 is 3.41. The van der Waals surface area contributed by atoms with E-state index < -0.39 is 23.7 Å². The maximum absolute atomic E-state index is 14.5. The van der Waals surface area contributed by atoms with E-state index >= 15 is 0 Å². The first-order chi connectivity index (χ1) is 15.1. The van der Waals surface area contributed by atoms with E-state index in [9.17, 15) is 24.2 Å². The Kier molecular flexibility index (Phi) is 7.02. The first-order valence-electron chi connectivity index (χ1n) is 9.85. The molecule has 2 heterocycles. The molecular formula is C22H23BrFN3O5. The van der Waals surface area contributed by atoms with E-state index in [-0.39, 0.29) is 35.6 Å². The lowest BCUT2D eigenvalue weighted by molar-refractivity contribution is -0.139.